The van der Waals surface area contributed by atoms with Crippen molar-refractivity contribution in [2.24, 2.45) is 0 Å². The van der Waals surface area contributed by atoms with E-state index in [1.807, 2.05) is 0 Å². The summed E-state index contributed by atoms with van der Waals surface area (Å²) in [6.07, 6.45) is 4.88. The monoisotopic (exact) mass is 424 g/mol. The molecule has 0 spiro atoms. The Kier molecular flexibility index (Phi) is 4.98. The highest BCUT2D eigenvalue weighted by atomic mass is 16.6. The third-order valence-corrected chi connectivity index (χ3v) is 6.59. The van der Waals surface area contributed by atoms with E-state index in [2.05, 4.69) is 61.5 Å². The predicted octanol–water partition coefficient (Wildman–Crippen LogP) is 3.65. The van der Waals surface area contributed by atoms with E-state index in [1.165, 1.54) is 38.9 Å². The van der Waals surface area contributed by atoms with E-state index in [4.69, 9.17) is 0 Å². The lowest BCUT2D eigenvalue weighted by molar-refractivity contribution is -0.384. The van der Waals surface area contributed by atoms with Gasteiger partial charge in [-0.05, 0) is 77.5 Å². The highest BCUT2D eigenvalue weighted by molar-refractivity contribution is 6.24. The Bertz CT molecular complexity index is 1470. The average Bonchev–Trinajstić information content (AvgIpc) is 2.82. The molecule has 0 saturated heterocycles. The third kappa shape index (κ3) is 3.26. The summed E-state index contributed by atoms with van der Waals surface area (Å²) in [7, 11) is 4.18. The highest BCUT2D eigenvalue weighted by Crippen LogP contribution is 2.30. The number of ketones is 1. The van der Waals surface area contributed by atoms with E-state index >= 15 is 0 Å². The Labute approximate surface area is 185 Å². The molecule has 1 unspecified atom stereocenters. The number of rotatable bonds is 4. The summed E-state index contributed by atoms with van der Waals surface area (Å²) in [5.74, 6) is -0.0395. The molecule has 0 aromatic heterocycles. The first-order valence-electron chi connectivity index (χ1n) is 10.9. The Balaban J connectivity index is 1.76. The van der Waals surface area contributed by atoms with Crippen LogP contribution in [0.5, 0.6) is 0 Å². The zero-order chi connectivity index (χ0) is 22.4. The first-order valence-corrected chi connectivity index (χ1v) is 10.9. The van der Waals surface area contributed by atoms with Gasteiger partial charge in [0.1, 0.15) is 0 Å². The van der Waals surface area contributed by atoms with Gasteiger partial charge in [-0.2, -0.15) is 0 Å². The lowest BCUT2D eigenvalue weighted by Gasteiger charge is -2.29. The van der Waals surface area contributed by atoms with Crippen LogP contribution >= 0.6 is 0 Å². The van der Waals surface area contributed by atoms with Crippen LogP contribution in [0, 0.1) is 20.6 Å². The molecule has 3 aromatic carbocycles. The van der Waals surface area contributed by atoms with Gasteiger partial charge in [-0.1, -0.05) is 42.5 Å². The molecule has 32 heavy (non-hydrogen) atoms. The van der Waals surface area contributed by atoms with Crippen LogP contribution in [0.1, 0.15) is 40.4 Å². The molecule has 2 aliphatic carbocycles. The normalized spacial score (nSPS) is 16.6. The maximum Gasteiger partial charge on any atom is 0.269 e. The minimum atomic E-state index is -0.445. The van der Waals surface area contributed by atoms with E-state index in [0.717, 1.165) is 23.6 Å². The topological polar surface area (TPSA) is 63.5 Å². The van der Waals surface area contributed by atoms with Crippen molar-refractivity contribution in [1.29, 1.82) is 0 Å². The first-order chi connectivity index (χ1) is 15.5. The number of fused-ring (bicyclic) bond motifs is 4. The zero-order valence-electron chi connectivity index (χ0n) is 18.2. The van der Waals surface area contributed by atoms with Gasteiger partial charge in [-0.25, -0.2) is 0 Å². The Morgan fingerprint density at radius 1 is 0.938 bits per heavy atom. The van der Waals surface area contributed by atoms with Crippen molar-refractivity contribution in [3.05, 3.63) is 108 Å². The molecular weight excluding hydrogens is 400 g/mol. The van der Waals surface area contributed by atoms with Gasteiger partial charge in [-0.15, -0.1) is 0 Å². The maximum absolute atomic E-state index is 13.4. The Morgan fingerprint density at radius 2 is 1.66 bits per heavy atom. The second kappa shape index (κ2) is 7.84. The van der Waals surface area contributed by atoms with Gasteiger partial charge < -0.3 is 0 Å². The van der Waals surface area contributed by atoms with Crippen LogP contribution in [-0.2, 0) is 6.42 Å². The number of nitrogens with zero attached hydrogens (tertiary/aromatic N) is 2. The number of benzene rings is 3. The second-order valence-electron chi connectivity index (χ2n) is 8.68. The zero-order valence-corrected chi connectivity index (χ0v) is 18.2. The van der Waals surface area contributed by atoms with Gasteiger partial charge in [0.15, 0.2) is 5.78 Å². The third-order valence-electron chi connectivity index (χ3n) is 6.59. The second-order valence-corrected chi connectivity index (χ2v) is 8.68. The molecule has 160 valence electrons. The Morgan fingerprint density at radius 3 is 2.38 bits per heavy atom. The molecule has 0 amide bonds. The number of nitro benzene ring substituents is 1. The van der Waals surface area contributed by atoms with Gasteiger partial charge >= 0.3 is 0 Å². The minimum Gasteiger partial charge on any atom is -0.299 e. The largest absolute Gasteiger partial charge is 0.299 e. The van der Waals surface area contributed by atoms with Crippen molar-refractivity contribution in [1.82, 2.24) is 4.90 Å². The van der Waals surface area contributed by atoms with Gasteiger partial charge in [-0.3, -0.25) is 19.8 Å². The van der Waals surface area contributed by atoms with Crippen LogP contribution in [-0.4, -0.2) is 29.7 Å². The van der Waals surface area contributed by atoms with E-state index in [9.17, 15) is 14.9 Å². The summed E-state index contributed by atoms with van der Waals surface area (Å²) in [4.78, 5) is 26.1. The van der Waals surface area contributed by atoms with Gasteiger partial charge in [0.2, 0.25) is 0 Å². The number of hydrogen-bond donors (Lipinski definition) is 0. The molecule has 0 saturated carbocycles. The van der Waals surface area contributed by atoms with Crippen molar-refractivity contribution < 1.29 is 9.72 Å². The lowest BCUT2D eigenvalue weighted by Crippen LogP contribution is -2.31. The molecule has 1 atom stereocenters. The summed E-state index contributed by atoms with van der Waals surface area (Å²) < 4.78 is 0. The van der Waals surface area contributed by atoms with Crippen LogP contribution in [0.2, 0.25) is 0 Å². The maximum atomic E-state index is 13.4. The van der Waals surface area contributed by atoms with E-state index < -0.39 is 4.92 Å². The van der Waals surface area contributed by atoms with Crippen molar-refractivity contribution in [2.45, 2.75) is 25.3 Å². The van der Waals surface area contributed by atoms with Gasteiger partial charge in [0, 0.05) is 23.3 Å². The van der Waals surface area contributed by atoms with Crippen LogP contribution in [0.4, 0.5) is 5.69 Å². The quantitative estimate of drug-likeness (QED) is 0.364. The molecule has 5 heteroatoms. The minimum absolute atomic E-state index is 0.00677. The standard InChI is InChI=1S/C27H24N2O3/c1-28(2)25-16-18-6-3-4-7-20(18)23-15-14-21-22(26(23)25)8-5-9-24(21)27(30)17-10-12-19(13-11-17)29(31)32/h3-4,6-7,10-16,25H,5,8-9H2,1-2H3. The molecule has 0 fully saturated rings. The number of hydrogen-bond acceptors (Lipinski definition) is 4. The number of nitro groups is 1. The van der Waals surface area contributed by atoms with Crippen molar-refractivity contribution >= 4 is 23.1 Å². The Hall–Kier alpha value is -3.57. The average molecular weight is 425 g/mol. The van der Waals surface area contributed by atoms with E-state index in [1.54, 1.807) is 12.1 Å². The molecule has 0 radical (unpaired) electrons. The van der Waals surface area contributed by atoms with Crippen LogP contribution < -0.4 is 10.4 Å². The predicted molar refractivity (Wildman–Crippen MR) is 124 cm³/mol. The molecule has 0 aliphatic heterocycles. The number of non-ortho nitro benzene ring substituents is 1. The summed E-state index contributed by atoms with van der Waals surface area (Å²) in [6.45, 7) is 0. The van der Waals surface area contributed by atoms with Crippen LogP contribution in [0.25, 0.3) is 11.6 Å². The first kappa shape index (κ1) is 20.3. The molecule has 0 bridgehead atoms. The van der Waals surface area contributed by atoms with Gasteiger partial charge in [0.25, 0.3) is 5.69 Å². The SMILES string of the molecule is CN(C)C1C=c2ccccc2=c2ccc3c(c21)CCCC=3C(=O)c1ccc([N+](=O)[O-])cc1. The van der Waals surface area contributed by atoms with Crippen molar-refractivity contribution in [2.75, 3.05) is 14.1 Å². The summed E-state index contributed by atoms with van der Waals surface area (Å²) in [5, 5.41) is 15.7. The summed E-state index contributed by atoms with van der Waals surface area (Å²) in [5.41, 5.74) is 3.84. The van der Waals surface area contributed by atoms with Crippen molar-refractivity contribution in [3.63, 3.8) is 0 Å². The van der Waals surface area contributed by atoms with Crippen LogP contribution in [0.3, 0.4) is 0 Å². The molecule has 5 rings (SSSR count). The summed E-state index contributed by atoms with van der Waals surface area (Å²) in [6, 6.07) is 18.8. The van der Waals surface area contributed by atoms with Gasteiger partial charge in [0.05, 0.1) is 11.0 Å². The molecular formula is C27H24N2O3. The fraction of sp³-hybridized carbons (Fsp3) is 0.222. The van der Waals surface area contributed by atoms with Crippen molar-refractivity contribution in [3.8, 4) is 0 Å². The molecule has 5 nitrogen and oxygen atoms in total. The molecule has 2 aliphatic rings. The lowest BCUT2D eigenvalue weighted by atomic mass is 9.82. The highest BCUT2D eigenvalue weighted by Gasteiger charge is 2.25. The van der Waals surface area contributed by atoms with E-state index in [0.29, 0.717) is 12.0 Å². The van der Waals surface area contributed by atoms with E-state index in [-0.39, 0.29) is 17.5 Å². The van der Waals surface area contributed by atoms with Crippen LogP contribution in [0.15, 0.2) is 60.7 Å². The fourth-order valence-corrected chi connectivity index (χ4v) is 5.06. The summed E-state index contributed by atoms with van der Waals surface area (Å²) >= 11 is 0. The smallest absolute Gasteiger partial charge is 0.269 e. The molecule has 0 N–H and O–H groups in total. The number of carbonyl (C=O) groups excluding carboxylic acids is 1. The number of carbonyl (C=O) groups is 1. The number of Topliss-reactive ketones (excluding diaryl/α,β-unsaturated/α-hetero) is 1. The fourth-order valence-electron chi connectivity index (χ4n) is 5.06. The molecule has 0 heterocycles. The molecule has 3 aromatic rings.